The first-order chi connectivity index (χ1) is 59.6. The minimum atomic E-state index is -2.80. The molecular formula is C90H92F4N12O8. The van der Waals surface area contributed by atoms with Crippen LogP contribution in [0.3, 0.4) is 0 Å². The Labute approximate surface area is 671 Å². The highest BCUT2D eigenvalue weighted by atomic mass is 19.1. The minimum absolute atomic E-state index is 0.0182. The summed E-state index contributed by atoms with van der Waals surface area (Å²) in [5.74, 6) is -4.50. The number of fused-ring (bicyclic) bond motifs is 4. The monoisotopic (exact) mass is 1560 g/mol. The topological polar surface area (TPSA) is 253 Å². The molecule has 4 aliphatic carbocycles. The van der Waals surface area contributed by atoms with Gasteiger partial charge in [-0.1, -0.05) is 170 Å². The van der Waals surface area contributed by atoms with E-state index in [1.54, 1.807) is 40.8 Å². The van der Waals surface area contributed by atoms with Crippen LogP contribution in [-0.2, 0) is 0 Å². The van der Waals surface area contributed by atoms with Crippen molar-refractivity contribution in [1.82, 2.24) is 40.0 Å². The second kappa shape index (κ2) is 34.6. The molecule has 4 amide bonds. The molecule has 4 fully saturated rings. The Morgan fingerprint density at radius 1 is 0.368 bits per heavy atom. The minimum Gasteiger partial charge on any atom is -0.345 e. The molecule has 12 aromatic rings. The van der Waals surface area contributed by atoms with Crippen molar-refractivity contribution in [2.24, 2.45) is 23.7 Å². The molecule has 4 aromatic heterocycles. The molecule has 8 aromatic carbocycles. The lowest BCUT2D eigenvalue weighted by molar-refractivity contribution is 0.0923. The summed E-state index contributed by atoms with van der Waals surface area (Å²) in [6, 6.07) is 41.2. The Kier molecular flexibility index (Phi) is 20.0. The van der Waals surface area contributed by atoms with Crippen LogP contribution in [0.4, 0.5) is 17.6 Å². The summed E-state index contributed by atoms with van der Waals surface area (Å²) in [6.07, 6.45) is 7.33. The van der Waals surface area contributed by atoms with Crippen LogP contribution in [0, 0.1) is 74.5 Å². The van der Waals surface area contributed by atoms with Gasteiger partial charge < -0.3 is 43.0 Å². The maximum absolute atomic E-state index is 14.7. The van der Waals surface area contributed by atoms with E-state index in [2.05, 4.69) is 43.0 Å². The van der Waals surface area contributed by atoms with Crippen LogP contribution in [0.1, 0.15) is 191 Å². The Morgan fingerprint density at radius 3 is 0.904 bits per heavy atom. The lowest BCUT2D eigenvalue weighted by atomic mass is 9.99. The van der Waals surface area contributed by atoms with Crippen molar-refractivity contribution in [1.29, 1.82) is 0 Å². The fourth-order valence-electron chi connectivity index (χ4n) is 14.8. The number of halogens is 4. The maximum Gasteiger partial charge on any atom is 0.279 e. The fraction of sp³-hybridized carbons (Fsp3) is 0.289. The first-order valence-electron chi connectivity index (χ1n) is 43.3. The normalized spacial score (nSPS) is 16.2. The molecule has 0 saturated heterocycles. The number of carbonyl (C=O) groups excluding carboxylic acids is 4. The van der Waals surface area contributed by atoms with Gasteiger partial charge in [-0.2, -0.15) is 0 Å². The van der Waals surface area contributed by atoms with E-state index in [9.17, 15) is 55.9 Å². The van der Waals surface area contributed by atoms with E-state index in [0.29, 0.717) is 29.1 Å². The average molecular weight is 1560 g/mol. The number of hydrogen-bond acceptors (Lipinski definition) is 12. The molecule has 588 valence electrons. The summed E-state index contributed by atoms with van der Waals surface area (Å²) >= 11 is 0. The molecule has 16 rings (SSSR count). The van der Waals surface area contributed by atoms with Gasteiger partial charge in [0.1, 0.15) is 23.3 Å². The van der Waals surface area contributed by atoms with Crippen LogP contribution >= 0.6 is 0 Å². The summed E-state index contributed by atoms with van der Waals surface area (Å²) < 4.78 is 151. The molecule has 0 spiro atoms. The van der Waals surface area contributed by atoms with Crippen LogP contribution in [0.15, 0.2) is 213 Å². The molecule has 20 nitrogen and oxygen atoms in total. The van der Waals surface area contributed by atoms with Crippen LogP contribution in [0.2, 0.25) is 0 Å². The first kappa shape index (κ1) is 66.0. The summed E-state index contributed by atoms with van der Waals surface area (Å²) in [7, 11) is 2.92. The van der Waals surface area contributed by atoms with Crippen LogP contribution in [-0.4, -0.2) is 69.5 Å². The van der Waals surface area contributed by atoms with Crippen molar-refractivity contribution in [3.63, 3.8) is 0 Å². The largest absolute Gasteiger partial charge is 0.345 e. The van der Waals surface area contributed by atoms with Crippen LogP contribution in [0.5, 0.6) is 0 Å². The molecule has 24 heteroatoms. The van der Waals surface area contributed by atoms with Gasteiger partial charge in [-0.15, -0.1) is 0 Å². The molecule has 0 bridgehead atoms. The number of amides is 4. The molecule has 114 heavy (non-hydrogen) atoms. The third kappa shape index (κ3) is 16.5. The van der Waals surface area contributed by atoms with Gasteiger partial charge in [0.15, 0.2) is 0 Å². The Morgan fingerprint density at radius 2 is 0.623 bits per heavy atom. The SMILES string of the molecule is CNn1c(C)c(C(=O)N[C@H](c2ccccc2)C2CC2)c2cccc(F)c2c1=O.[2H]C([2H])([2H])c1c(C(=O)N[C@H](c2ccccc2)C2CC2)c2cccc(F)c2c(=O)n1NC.[2H]C([2H])([2H])c1c(C(=O)N[C@H](c2ccccc2)C2CC2)c2cccc(F)c2c(=O)n1NCC.[2H]c1c([2H])c([2H])c([C@@H](NC(=O)c2c(C)n(NCC)c(=O)c3c(F)cccc23)C2CC2)c([2H])c1[2H]. The Balaban J connectivity index is 0.000000143. The molecule has 8 N–H and O–H groups in total. The quantitative estimate of drug-likeness (QED) is 0.0295. The van der Waals surface area contributed by atoms with E-state index in [0.717, 1.165) is 100 Å². The number of rotatable bonds is 22. The third-order valence-electron chi connectivity index (χ3n) is 20.9. The lowest BCUT2D eigenvalue weighted by Gasteiger charge is -2.22. The van der Waals surface area contributed by atoms with Gasteiger partial charge >= 0.3 is 0 Å². The van der Waals surface area contributed by atoms with E-state index >= 15 is 0 Å². The van der Waals surface area contributed by atoms with Gasteiger partial charge in [0, 0.05) is 57.0 Å². The molecule has 4 aliphatic rings. The zero-order chi connectivity index (χ0) is 90.1. The Hall–Kier alpha value is -12.6. The molecule has 0 aliphatic heterocycles. The molecular weight excluding hydrogens is 1450 g/mol. The molecule has 4 heterocycles. The number of nitrogens with one attached hydrogen (secondary N) is 8. The van der Waals surface area contributed by atoms with Crippen molar-refractivity contribution in [3.05, 3.63) is 326 Å². The second-order valence-corrected chi connectivity index (χ2v) is 28.5. The van der Waals surface area contributed by atoms with Gasteiger partial charge in [-0.25, -0.2) is 36.3 Å². The van der Waals surface area contributed by atoms with Crippen molar-refractivity contribution >= 4 is 66.7 Å². The number of pyridine rings is 4. The highest BCUT2D eigenvalue weighted by Gasteiger charge is 2.39. The second-order valence-electron chi connectivity index (χ2n) is 28.5. The van der Waals surface area contributed by atoms with Crippen molar-refractivity contribution in [2.75, 3.05) is 48.9 Å². The molecule has 4 atom stereocenters. The highest BCUT2D eigenvalue weighted by molar-refractivity contribution is 6.11. The van der Waals surface area contributed by atoms with E-state index in [1.807, 2.05) is 91.0 Å². The summed E-state index contributed by atoms with van der Waals surface area (Å²) in [5.41, 5.74) is 10.6. The van der Waals surface area contributed by atoms with E-state index in [4.69, 9.17) is 15.1 Å². The zero-order valence-electron chi connectivity index (χ0n) is 74.3. The molecule has 4 saturated carbocycles. The third-order valence-corrected chi connectivity index (χ3v) is 20.9. The van der Waals surface area contributed by atoms with Crippen molar-refractivity contribution in [3.8, 4) is 0 Å². The van der Waals surface area contributed by atoms with E-state index in [1.165, 1.54) is 60.3 Å². The number of carbonyl (C=O) groups is 4. The van der Waals surface area contributed by atoms with Crippen LogP contribution < -0.4 is 65.2 Å². The molecule has 0 radical (unpaired) electrons. The van der Waals surface area contributed by atoms with Gasteiger partial charge in [0.05, 0.1) is 97.6 Å². The van der Waals surface area contributed by atoms with Gasteiger partial charge in [-0.05, 0) is 163 Å². The van der Waals surface area contributed by atoms with Crippen molar-refractivity contribution in [2.45, 2.75) is 117 Å². The number of benzene rings is 8. The summed E-state index contributed by atoms with van der Waals surface area (Å²) in [6.45, 7) is 1.67. The number of hydrogen-bond donors (Lipinski definition) is 8. The highest BCUT2D eigenvalue weighted by Crippen LogP contribution is 2.45. The van der Waals surface area contributed by atoms with E-state index in [-0.39, 0.29) is 126 Å². The molecule has 0 unspecified atom stereocenters. The first-order valence-corrected chi connectivity index (χ1v) is 37.8. The average Bonchev–Trinajstić information content (AvgIpc) is 1.58. The maximum atomic E-state index is 14.7. The van der Waals surface area contributed by atoms with Gasteiger partial charge in [-0.3, -0.25) is 38.4 Å². The standard InChI is InChI=1S/2C23H24FN3O2.2C22H22FN3O2/c2*1-3-25-27-14(2)19(17-10-7-11-18(24)20(17)23(27)29)22(28)26-21(16-12-13-16)15-8-5-4-6-9-15;2*1-13-18(16-9-6-10-17(23)19(16)22(28)26(13)24-2)21(27)25-20(15-11-12-15)14-7-4-3-5-8-14/h2*4-11,16,21,25H,3,12-13H2,1-2H3,(H,26,28);2*3-10,15,20,24H,11-12H2,1-2H3,(H,25,27)/t2*21-;2*20-/m1111/s1/i4D,5D,6D,8D,9D;2D3;1D3;. The Bertz CT molecular complexity index is 6440. The van der Waals surface area contributed by atoms with Gasteiger partial charge in [0.25, 0.3) is 45.9 Å². The zero-order valence-corrected chi connectivity index (χ0v) is 63.3. The van der Waals surface area contributed by atoms with Crippen LogP contribution in [0.25, 0.3) is 43.1 Å². The van der Waals surface area contributed by atoms with Crippen molar-refractivity contribution < 1.29 is 51.8 Å². The smallest absolute Gasteiger partial charge is 0.279 e. The number of aromatic nitrogens is 4. The number of nitrogens with zero attached hydrogens (tertiary/aromatic N) is 4. The predicted octanol–water partition coefficient (Wildman–Crippen LogP) is 14.8. The lowest BCUT2D eigenvalue weighted by Crippen LogP contribution is -2.36. The summed E-state index contributed by atoms with van der Waals surface area (Å²) in [4.78, 5) is 105. The predicted molar refractivity (Wildman–Crippen MR) is 439 cm³/mol. The summed E-state index contributed by atoms with van der Waals surface area (Å²) in [5, 5.41) is 11.3. The fourth-order valence-corrected chi connectivity index (χ4v) is 14.8. The van der Waals surface area contributed by atoms with E-state index < -0.39 is 112 Å². The van der Waals surface area contributed by atoms with Gasteiger partial charge in [0.2, 0.25) is 0 Å².